The van der Waals surface area contributed by atoms with Crippen molar-refractivity contribution in [2.75, 3.05) is 30.8 Å². The van der Waals surface area contributed by atoms with E-state index in [1.807, 2.05) is 0 Å². The molecule has 44 heavy (non-hydrogen) atoms. The predicted molar refractivity (Wildman–Crippen MR) is 161 cm³/mol. The quantitative estimate of drug-likeness (QED) is 0.173. The van der Waals surface area contributed by atoms with Crippen LogP contribution in [0.3, 0.4) is 0 Å². The zero-order valence-electron chi connectivity index (χ0n) is 23.6. The first kappa shape index (κ1) is 32.1. The Labute approximate surface area is 263 Å². The summed E-state index contributed by atoms with van der Waals surface area (Å²) in [5, 5.41) is 0.415. The number of carbonyl (C=O) groups is 1. The van der Waals surface area contributed by atoms with Gasteiger partial charge in [0.2, 0.25) is 10.0 Å². The Morgan fingerprint density at radius 3 is 2.18 bits per heavy atom. The number of nitrogens with one attached hydrogen (secondary N) is 1. The number of aromatic nitrogens is 1. The van der Waals surface area contributed by atoms with Crippen LogP contribution >= 0.6 is 23.2 Å². The molecule has 5 rings (SSSR count). The maximum Gasteiger partial charge on any atom is 0.387 e. The molecule has 2 fully saturated rings. The predicted octanol–water partition coefficient (Wildman–Crippen LogP) is 6.93. The molecule has 0 aliphatic heterocycles. The molecule has 0 saturated heterocycles. The van der Waals surface area contributed by atoms with Crippen LogP contribution < -0.4 is 18.9 Å². The zero-order chi connectivity index (χ0) is 31.4. The van der Waals surface area contributed by atoms with Crippen molar-refractivity contribution in [3.63, 3.8) is 0 Å². The number of benzene rings is 2. The molecule has 9 nitrogen and oxygen atoms in total. The highest BCUT2D eigenvalue weighted by molar-refractivity contribution is 7.92. The van der Waals surface area contributed by atoms with E-state index in [0.29, 0.717) is 36.2 Å². The number of carbonyl (C=O) groups excluding carboxylic acids is 1. The molecule has 2 aromatic carbocycles. The number of hydrogen-bond donors (Lipinski definition) is 1. The van der Waals surface area contributed by atoms with Gasteiger partial charge in [-0.2, -0.15) is 8.78 Å². The van der Waals surface area contributed by atoms with Gasteiger partial charge >= 0.3 is 12.6 Å². The molecule has 14 heteroatoms. The summed E-state index contributed by atoms with van der Waals surface area (Å²) >= 11 is 13.0. The van der Waals surface area contributed by atoms with Gasteiger partial charge in [0.1, 0.15) is 12.4 Å². The Morgan fingerprint density at radius 1 is 0.955 bits per heavy atom. The Hall–Kier alpha value is -3.35. The third-order valence-corrected chi connectivity index (χ3v) is 8.25. The van der Waals surface area contributed by atoms with E-state index in [4.69, 9.17) is 37.4 Å². The number of hydrogen-bond acceptors (Lipinski definition) is 8. The summed E-state index contributed by atoms with van der Waals surface area (Å²) in [6, 6.07) is 8.71. The van der Waals surface area contributed by atoms with Crippen LogP contribution in [0.5, 0.6) is 17.2 Å². The van der Waals surface area contributed by atoms with E-state index in [9.17, 15) is 22.0 Å². The maximum atomic E-state index is 13.3. The van der Waals surface area contributed by atoms with E-state index < -0.39 is 28.5 Å². The summed E-state index contributed by atoms with van der Waals surface area (Å²) in [5.74, 6) is -0.573. The minimum absolute atomic E-state index is 0.110. The molecule has 0 bridgehead atoms. The standard InChI is InChI=1S/C30H30Cl2F2N2O7S/c1-44(38,39)36-24-8-6-20(11-26(24)40-14-17-2-3-17)29(37)42-16-21(28-22(31)12-35-13-23(28)32)19-7-9-25(43-30(33)34)27(10-19)41-15-18-4-5-18/h6-13,17-18,21,30,36H,2-5,14-16H2,1H3/t21-/m0/s1. The van der Waals surface area contributed by atoms with Gasteiger partial charge in [-0.1, -0.05) is 29.3 Å². The lowest BCUT2D eigenvalue weighted by molar-refractivity contribution is -0.0515. The average molecular weight is 672 g/mol. The average Bonchev–Trinajstić information content (AvgIpc) is 3.88. The topological polar surface area (TPSA) is 113 Å². The first-order chi connectivity index (χ1) is 21.0. The highest BCUT2D eigenvalue weighted by Gasteiger charge is 2.27. The molecule has 0 spiro atoms. The monoisotopic (exact) mass is 670 g/mol. The molecule has 2 saturated carbocycles. The molecule has 1 aromatic heterocycles. The maximum absolute atomic E-state index is 13.3. The van der Waals surface area contributed by atoms with Crippen LogP contribution in [-0.2, 0) is 14.8 Å². The van der Waals surface area contributed by atoms with Gasteiger partial charge < -0.3 is 18.9 Å². The van der Waals surface area contributed by atoms with Crippen LogP contribution in [0.2, 0.25) is 10.0 Å². The molecule has 2 aliphatic rings. The highest BCUT2D eigenvalue weighted by atomic mass is 35.5. The van der Waals surface area contributed by atoms with E-state index in [-0.39, 0.29) is 45.2 Å². The van der Waals surface area contributed by atoms with Gasteiger partial charge in [0.15, 0.2) is 11.5 Å². The van der Waals surface area contributed by atoms with E-state index in [2.05, 4.69) is 14.4 Å². The Kier molecular flexibility index (Phi) is 10.0. The van der Waals surface area contributed by atoms with E-state index in [1.165, 1.54) is 36.7 Å². The van der Waals surface area contributed by atoms with Gasteiger partial charge in [-0.25, -0.2) is 13.2 Å². The van der Waals surface area contributed by atoms with Gasteiger partial charge in [0.05, 0.1) is 40.8 Å². The minimum atomic E-state index is -3.60. The fraction of sp³-hybridized carbons (Fsp3) is 0.400. The van der Waals surface area contributed by atoms with Gasteiger partial charge in [-0.15, -0.1) is 0 Å². The van der Waals surface area contributed by atoms with E-state index in [0.717, 1.165) is 31.9 Å². The molecule has 236 valence electrons. The zero-order valence-corrected chi connectivity index (χ0v) is 25.9. The number of halogens is 4. The Bertz CT molecular complexity index is 1600. The lowest BCUT2D eigenvalue weighted by atomic mass is 9.92. The van der Waals surface area contributed by atoms with Crippen molar-refractivity contribution >= 4 is 44.9 Å². The molecule has 3 aromatic rings. The second kappa shape index (κ2) is 13.7. The molecular weight excluding hydrogens is 641 g/mol. The fourth-order valence-electron chi connectivity index (χ4n) is 4.43. The molecule has 0 radical (unpaired) electrons. The van der Waals surface area contributed by atoms with Crippen LogP contribution in [0.4, 0.5) is 14.5 Å². The third kappa shape index (κ3) is 8.86. The van der Waals surface area contributed by atoms with E-state index >= 15 is 0 Å². The van der Waals surface area contributed by atoms with Crippen molar-refractivity contribution in [3.05, 3.63) is 75.5 Å². The second-order valence-corrected chi connectivity index (χ2v) is 13.4. The molecule has 0 amide bonds. The summed E-state index contributed by atoms with van der Waals surface area (Å²) in [5.41, 5.74) is 1.24. The normalized spacial score (nSPS) is 15.5. The number of anilines is 1. The van der Waals surface area contributed by atoms with Crippen molar-refractivity contribution in [3.8, 4) is 17.2 Å². The molecule has 0 unspecified atom stereocenters. The number of pyridine rings is 1. The second-order valence-electron chi connectivity index (χ2n) is 10.8. The largest absolute Gasteiger partial charge is 0.491 e. The number of ether oxygens (including phenoxy) is 4. The number of sulfonamides is 1. The van der Waals surface area contributed by atoms with Crippen molar-refractivity contribution < 1.29 is 40.9 Å². The van der Waals surface area contributed by atoms with Crippen LogP contribution in [0.15, 0.2) is 48.8 Å². The van der Waals surface area contributed by atoms with Gasteiger partial charge in [0.25, 0.3) is 0 Å². The Morgan fingerprint density at radius 2 is 1.59 bits per heavy atom. The van der Waals surface area contributed by atoms with Crippen LogP contribution in [0, 0.1) is 11.8 Å². The molecule has 2 aliphatic carbocycles. The summed E-state index contributed by atoms with van der Waals surface area (Å²) in [6.07, 6.45) is 7.82. The van der Waals surface area contributed by atoms with Gasteiger partial charge in [0, 0.05) is 23.9 Å². The van der Waals surface area contributed by atoms with Crippen molar-refractivity contribution in [2.45, 2.75) is 38.2 Å². The van der Waals surface area contributed by atoms with Crippen molar-refractivity contribution in [1.29, 1.82) is 0 Å². The third-order valence-electron chi connectivity index (χ3n) is 7.06. The van der Waals surface area contributed by atoms with Crippen molar-refractivity contribution in [2.24, 2.45) is 11.8 Å². The number of alkyl halides is 2. The van der Waals surface area contributed by atoms with Crippen LogP contribution in [-0.4, -0.2) is 52.1 Å². The van der Waals surface area contributed by atoms with Gasteiger partial charge in [-0.05, 0) is 73.4 Å². The smallest absolute Gasteiger partial charge is 0.387 e. The van der Waals surface area contributed by atoms with E-state index in [1.54, 1.807) is 12.1 Å². The summed E-state index contributed by atoms with van der Waals surface area (Å²) in [4.78, 5) is 17.3. The first-order valence-corrected chi connectivity index (χ1v) is 16.5. The lowest BCUT2D eigenvalue weighted by Gasteiger charge is -2.22. The molecule has 1 N–H and O–H groups in total. The number of rotatable bonds is 15. The van der Waals surface area contributed by atoms with Crippen molar-refractivity contribution in [1.82, 2.24) is 4.98 Å². The van der Waals surface area contributed by atoms with Gasteiger partial charge in [-0.3, -0.25) is 9.71 Å². The fourth-order valence-corrected chi connectivity index (χ4v) is 5.62. The van der Waals surface area contributed by atoms with Crippen LogP contribution in [0.1, 0.15) is 53.1 Å². The number of esters is 1. The number of nitrogens with zero attached hydrogens (tertiary/aromatic N) is 1. The minimum Gasteiger partial charge on any atom is -0.491 e. The molecule has 1 heterocycles. The summed E-state index contributed by atoms with van der Waals surface area (Å²) in [6.45, 7) is -2.58. The highest BCUT2D eigenvalue weighted by Crippen LogP contribution is 2.40. The van der Waals surface area contributed by atoms with Crippen LogP contribution in [0.25, 0.3) is 0 Å². The molecular formula is C30H30Cl2F2N2O7S. The Balaban J connectivity index is 1.42. The summed E-state index contributed by atoms with van der Waals surface area (Å²) < 4.78 is 74.4. The lowest BCUT2D eigenvalue weighted by Crippen LogP contribution is -2.16. The first-order valence-electron chi connectivity index (χ1n) is 13.9. The molecule has 1 atom stereocenters. The SMILES string of the molecule is CS(=O)(=O)Nc1ccc(C(=O)OC[C@@H](c2ccc(OC(F)F)c(OCC3CC3)c2)c2c(Cl)cncc2Cl)cc1OCC1CC1. The summed E-state index contributed by atoms with van der Waals surface area (Å²) in [7, 11) is -3.60.